The summed E-state index contributed by atoms with van der Waals surface area (Å²) < 4.78 is 36.7. The quantitative estimate of drug-likeness (QED) is 0.175. The van der Waals surface area contributed by atoms with E-state index in [1.54, 1.807) is 13.0 Å². The molecule has 0 fully saturated rings. The summed E-state index contributed by atoms with van der Waals surface area (Å²) in [6.07, 6.45) is 2.15. The molecule has 11 heteroatoms. The van der Waals surface area contributed by atoms with Crippen molar-refractivity contribution >= 4 is 27.3 Å². The van der Waals surface area contributed by atoms with Gasteiger partial charge in [0.15, 0.2) is 0 Å². The Kier molecular flexibility index (Phi) is 8.26. The van der Waals surface area contributed by atoms with Crippen molar-refractivity contribution in [2.75, 3.05) is 26.8 Å². The number of hydrogen-bond acceptors (Lipinski definition) is 7. The molecule has 1 amide bonds. The van der Waals surface area contributed by atoms with Crippen LogP contribution < -0.4 is 10.1 Å². The van der Waals surface area contributed by atoms with Crippen LogP contribution in [0.3, 0.4) is 0 Å². The smallest absolute Gasteiger partial charge is 0.243 e. The second-order valence-corrected chi connectivity index (χ2v) is 11.7. The minimum atomic E-state index is -0.831. The van der Waals surface area contributed by atoms with E-state index < -0.39 is 17.7 Å². The van der Waals surface area contributed by atoms with Crippen LogP contribution >= 0.6 is 11.3 Å². The number of carbonyl (C=O) groups excluding carboxylic acids is 1. The Morgan fingerprint density at radius 2 is 2.05 bits per heavy atom. The number of likely N-dealkylation sites (N-methyl/N-ethyl adjacent to an activating group) is 1. The van der Waals surface area contributed by atoms with Gasteiger partial charge < -0.3 is 20.1 Å². The number of hydrogen-bond donors (Lipinski definition) is 3. The fourth-order valence-electron chi connectivity index (χ4n) is 5.60. The lowest BCUT2D eigenvalue weighted by molar-refractivity contribution is -0.117. The van der Waals surface area contributed by atoms with Gasteiger partial charge in [0.2, 0.25) is 5.91 Å². The van der Waals surface area contributed by atoms with E-state index in [-0.39, 0.29) is 30.4 Å². The number of nitrogens with one attached hydrogen (secondary N) is 2. The summed E-state index contributed by atoms with van der Waals surface area (Å²) in [7, 11) is 2.10. The number of aromatic nitrogens is 3. The molecule has 0 radical (unpaired) electrons. The van der Waals surface area contributed by atoms with Crippen LogP contribution in [0.1, 0.15) is 29.8 Å². The number of aliphatic hydroxyl groups is 1. The molecule has 6 rings (SSSR count). The Morgan fingerprint density at radius 1 is 1.20 bits per heavy atom. The summed E-state index contributed by atoms with van der Waals surface area (Å²) in [6, 6.07) is 11.5. The zero-order chi connectivity index (χ0) is 31.0. The second-order valence-electron chi connectivity index (χ2n) is 10.8. The third-order valence-corrected chi connectivity index (χ3v) is 8.69. The van der Waals surface area contributed by atoms with E-state index in [0.717, 1.165) is 47.3 Å². The van der Waals surface area contributed by atoms with Crippen LogP contribution in [-0.2, 0) is 17.8 Å². The highest BCUT2D eigenvalue weighted by Gasteiger charge is 2.27. The molecule has 1 unspecified atom stereocenters. The maximum Gasteiger partial charge on any atom is 0.243 e. The topological polar surface area (TPSA) is 103 Å². The van der Waals surface area contributed by atoms with Crippen molar-refractivity contribution in [3.63, 3.8) is 0 Å². The lowest BCUT2D eigenvalue weighted by atomic mass is 9.93. The first-order chi connectivity index (χ1) is 21.3. The zero-order valence-corrected chi connectivity index (χ0v) is 25.1. The molecule has 1 aliphatic heterocycles. The predicted molar refractivity (Wildman–Crippen MR) is 167 cm³/mol. The lowest BCUT2D eigenvalue weighted by Crippen LogP contribution is -2.26. The molecule has 3 aromatic heterocycles. The molecule has 0 saturated carbocycles. The van der Waals surface area contributed by atoms with Crippen molar-refractivity contribution in [3.05, 3.63) is 89.0 Å². The van der Waals surface area contributed by atoms with Crippen molar-refractivity contribution in [1.82, 2.24) is 25.4 Å². The monoisotopic (exact) mass is 615 g/mol. The highest BCUT2D eigenvalue weighted by molar-refractivity contribution is 7.18. The number of ether oxygens (including phenoxy) is 1. The highest BCUT2D eigenvalue weighted by Crippen LogP contribution is 2.47. The number of rotatable bonds is 9. The van der Waals surface area contributed by atoms with Gasteiger partial charge in [0.25, 0.3) is 0 Å². The van der Waals surface area contributed by atoms with Gasteiger partial charge in [-0.15, -0.1) is 11.3 Å². The molecule has 0 bridgehead atoms. The maximum atomic E-state index is 15.8. The summed E-state index contributed by atoms with van der Waals surface area (Å²) in [6.45, 7) is 6.63. The minimum Gasteiger partial charge on any atom is -0.490 e. The Morgan fingerprint density at radius 3 is 2.84 bits per heavy atom. The SMILES string of the molecule is C=CC(=O)NC(C)c1cc(-c2nc(-c3ccc4c(c3)CN(C)CC4)c3ccsc3c2-c2c(F)cc(F)cc2OCCO)n[nH]1. The van der Waals surface area contributed by atoms with Gasteiger partial charge in [0, 0.05) is 46.4 Å². The Bertz CT molecular complexity index is 1890. The normalized spacial score (nSPS) is 13.9. The van der Waals surface area contributed by atoms with Crippen molar-refractivity contribution in [2.45, 2.75) is 25.9 Å². The number of H-pyrrole nitrogens is 1. The average molecular weight is 616 g/mol. The van der Waals surface area contributed by atoms with Crippen LogP contribution in [0.4, 0.5) is 8.78 Å². The molecule has 2 aromatic carbocycles. The van der Waals surface area contributed by atoms with Gasteiger partial charge in [0.1, 0.15) is 35.4 Å². The number of nitrogens with zero attached hydrogens (tertiary/aromatic N) is 3. The molecule has 0 spiro atoms. The van der Waals surface area contributed by atoms with E-state index in [1.807, 2.05) is 11.4 Å². The molecule has 0 aliphatic carbocycles. The second kappa shape index (κ2) is 12.3. The molecule has 4 heterocycles. The average Bonchev–Trinajstić information content (AvgIpc) is 3.70. The summed E-state index contributed by atoms with van der Waals surface area (Å²) >= 11 is 1.41. The number of aromatic amines is 1. The zero-order valence-electron chi connectivity index (χ0n) is 24.3. The molecular formula is C33H31F2N5O3S. The highest BCUT2D eigenvalue weighted by atomic mass is 32.1. The van der Waals surface area contributed by atoms with Crippen LogP contribution in [-0.4, -0.2) is 57.9 Å². The predicted octanol–water partition coefficient (Wildman–Crippen LogP) is 6.02. The fraction of sp³-hybridized carbons (Fsp3) is 0.242. The van der Waals surface area contributed by atoms with Crippen molar-refractivity contribution in [3.8, 4) is 39.5 Å². The molecule has 226 valence electrons. The summed E-state index contributed by atoms with van der Waals surface area (Å²) in [5.74, 6) is -2.03. The van der Waals surface area contributed by atoms with E-state index in [4.69, 9.17) is 9.72 Å². The lowest BCUT2D eigenvalue weighted by Gasteiger charge is -2.25. The van der Waals surface area contributed by atoms with Crippen LogP contribution in [0.15, 0.2) is 60.5 Å². The van der Waals surface area contributed by atoms with E-state index in [0.29, 0.717) is 28.3 Å². The van der Waals surface area contributed by atoms with E-state index in [1.165, 1.54) is 28.5 Å². The van der Waals surface area contributed by atoms with Gasteiger partial charge in [-0.1, -0.05) is 18.7 Å². The number of aliphatic hydroxyl groups excluding tert-OH is 1. The van der Waals surface area contributed by atoms with E-state index in [9.17, 15) is 14.3 Å². The van der Waals surface area contributed by atoms with Crippen LogP contribution in [0.2, 0.25) is 0 Å². The third kappa shape index (κ3) is 5.61. The summed E-state index contributed by atoms with van der Waals surface area (Å²) in [5, 5.41) is 22.4. The Hall–Kier alpha value is -4.45. The Labute approximate surface area is 257 Å². The maximum absolute atomic E-state index is 15.8. The number of amides is 1. The molecule has 8 nitrogen and oxygen atoms in total. The van der Waals surface area contributed by atoms with Crippen LogP contribution in [0, 0.1) is 11.6 Å². The first kappa shape index (κ1) is 29.6. The van der Waals surface area contributed by atoms with Gasteiger partial charge in [-0.3, -0.25) is 9.89 Å². The summed E-state index contributed by atoms with van der Waals surface area (Å²) in [4.78, 5) is 19.4. The number of thiophene rings is 1. The number of benzene rings is 2. The van der Waals surface area contributed by atoms with Crippen LogP contribution in [0.25, 0.3) is 43.9 Å². The van der Waals surface area contributed by atoms with Gasteiger partial charge in [-0.25, -0.2) is 13.8 Å². The first-order valence-electron chi connectivity index (χ1n) is 14.2. The van der Waals surface area contributed by atoms with Gasteiger partial charge >= 0.3 is 0 Å². The number of fused-ring (bicyclic) bond motifs is 2. The van der Waals surface area contributed by atoms with E-state index >= 15 is 4.39 Å². The first-order valence-corrected chi connectivity index (χ1v) is 15.1. The molecule has 44 heavy (non-hydrogen) atoms. The van der Waals surface area contributed by atoms with Gasteiger partial charge in [-0.05, 0) is 61.2 Å². The summed E-state index contributed by atoms with van der Waals surface area (Å²) in [5.41, 5.74) is 5.91. The molecule has 3 N–H and O–H groups in total. The molecule has 0 saturated heterocycles. The fourth-order valence-corrected chi connectivity index (χ4v) is 6.55. The molecular weight excluding hydrogens is 584 g/mol. The van der Waals surface area contributed by atoms with Crippen molar-refractivity contribution in [2.24, 2.45) is 0 Å². The van der Waals surface area contributed by atoms with Gasteiger partial charge in [0.05, 0.1) is 29.6 Å². The number of pyridine rings is 1. The number of carbonyl (C=O) groups is 1. The standard InChI is InChI=1S/C33H31F2N5O3S/c1-4-28(42)36-18(2)25-16-26(39-38-25)32-30(29-24(35)14-22(34)15-27(29)43-11-10-41)33-23(8-12-44-33)31(37-32)20-6-5-19-7-9-40(3)17-21(19)13-20/h4-6,8,12-16,18,41H,1,7,9-11,17H2,2-3H3,(H,36,42)(H,38,39). The van der Waals surface area contributed by atoms with E-state index in [2.05, 4.69) is 52.2 Å². The molecule has 1 atom stereocenters. The van der Waals surface area contributed by atoms with Crippen molar-refractivity contribution < 1.29 is 23.4 Å². The molecule has 5 aromatic rings. The van der Waals surface area contributed by atoms with Gasteiger partial charge in [-0.2, -0.15) is 5.10 Å². The molecule has 1 aliphatic rings. The van der Waals surface area contributed by atoms with Crippen LogP contribution in [0.5, 0.6) is 5.75 Å². The minimum absolute atomic E-state index is 0.0194. The largest absolute Gasteiger partial charge is 0.490 e. The van der Waals surface area contributed by atoms with Crippen molar-refractivity contribution in [1.29, 1.82) is 0 Å². The Balaban J connectivity index is 1.60. The number of halogens is 2. The third-order valence-electron chi connectivity index (χ3n) is 7.76.